The number of carbonyl (C=O) groups excluding carboxylic acids is 1. The molecule has 8 heteroatoms. The van der Waals surface area contributed by atoms with Crippen molar-refractivity contribution in [3.05, 3.63) is 93.7 Å². The Morgan fingerprint density at radius 3 is 2.53 bits per heavy atom. The maximum absolute atomic E-state index is 12.6. The maximum Gasteiger partial charge on any atom is 0.275 e. The Kier molecular flexibility index (Phi) is 5.67. The molecule has 160 valence electrons. The Morgan fingerprint density at radius 2 is 1.84 bits per heavy atom. The van der Waals surface area contributed by atoms with Crippen molar-refractivity contribution in [1.29, 1.82) is 0 Å². The highest BCUT2D eigenvalue weighted by molar-refractivity contribution is 6.01. The molecule has 0 bridgehead atoms. The van der Waals surface area contributed by atoms with Crippen molar-refractivity contribution < 1.29 is 18.9 Å². The number of nitrogens with zero attached hydrogens (tertiary/aromatic N) is 2. The minimum atomic E-state index is -0.440. The number of furan rings is 1. The fourth-order valence-electron chi connectivity index (χ4n) is 3.39. The zero-order chi connectivity index (χ0) is 22.7. The predicted molar refractivity (Wildman–Crippen MR) is 121 cm³/mol. The topological polar surface area (TPSA) is 107 Å². The first-order valence-corrected chi connectivity index (χ1v) is 9.71. The molecule has 3 aromatic carbocycles. The largest absolute Gasteiger partial charge is 0.496 e. The van der Waals surface area contributed by atoms with Crippen molar-refractivity contribution in [1.82, 2.24) is 5.43 Å². The fourth-order valence-corrected chi connectivity index (χ4v) is 3.39. The standard InChI is InChI=1S/C24H19N3O5/c1-15-11-18(27(29)30)7-9-20(15)22-10-8-19(32-22)14-25-26-24(28)21-12-16-5-3-4-6-17(16)13-23(21)31-2/h3-14H,1-2H3,(H,26,28)/b25-14+. The van der Waals surface area contributed by atoms with Crippen LogP contribution >= 0.6 is 0 Å². The molecule has 8 nitrogen and oxygen atoms in total. The first-order valence-electron chi connectivity index (χ1n) is 9.71. The summed E-state index contributed by atoms with van der Waals surface area (Å²) in [5.74, 6) is 0.997. The van der Waals surface area contributed by atoms with Gasteiger partial charge in [-0.3, -0.25) is 14.9 Å². The van der Waals surface area contributed by atoms with Crippen LogP contribution in [-0.4, -0.2) is 24.2 Å². The van der Waals surface area contributed by atoms with Gasteiger partial charge in [-0.2, -0.15) is 5.10 Å². The van der Waals surface area contributed by atoms with Gasteiger partial charge in [-0.1, -0.05) is 24.3 Å². The molecule has 0 aliphatic carbocycles. The van der Waals surface area contributed by atoms with Gasteiger partial charge in [0.05, 0.1) is 23.8 Å². The molecular weight excluding hydrogens is 410 g/mol. The number of hydrogen-bond acceptors (Lipinski definition) is 6. The van der Waals surface area contributed by atoms with E-state index in [4.69, 9.17) is 9.15 Å². The van der Waals surface area contributed by atoms with Crippen molar-refractivity contribution >= 4 is 28.6 Å². The minimum absolute atomic E-state index is 0.0198. The van der Waals surface area contributed by atoms with Crippen LogP contribution in [0.25, 0.3) is 22.1 Å². The zero-order valence-electron chi connectivity index (χ0n) is 17.4. The van der Waals surface area contributed by atoms with E-state index in [1.807, 2.05) is 24.3 Å². The van der Waals surface area contributed by atoms with Crippen LogP contribution in [0, 0.1) is 17.0 Å². The highest BCUT2D eigenvalue weighted by Crippen LogP contribution is 2.28. The van der Waals surface area contributed by atoms with Crippen LogP contribution in [0.1, 0.15) is 21.7 Å². The number of benzene rings is 3. The number of fused-ring (bicyclic) bond motifs is 1. The molecule has 1 amide bonds. The van der Waals surface area contributed by atoms with Crippen LogP contribution < -0.4 is 10.2 Å². The van der Waals surface area contributed by atoms with Crippen LogP contribution in [0.15, 0.2) is 76.2 Å². The van der Waals surface area contributed by atoms with Crippen LogP contribution in [0.5, 0.6) is 5.75 Å². The minimum Gasteiger partial charge on any atom is -0.496 e. The number of nitro groups is 1. The molecule has 1 heterocycles. The predicted octanol–water partition coefficient (Wildman–Crippen LogP) is 5.09. The molecule has 4 rings (SSSR count). The summed E-state index contributed by atoms with van der Waals surface area (Å²) in [6.45, 7) is 1.77. The van der Waals surface area contributed by atoms with Gasteiger partial charge >= 0.3 is 0 Å². The van der Waals surface area contributed by atoms with E-state index < -0.39 is 10.8 Å². The Hall–Kier alpha value is -4.46. The lowest BCUT2D eigenvalue weighted by molar-refractivity contribution is -0.384. The molecule has 0 spiro atoms. The molecular formula is C24H19N3O5. The van der Waals surface area contributed by atoms with Crippen molar-refractivity contribution in [3.8, 4) is 17.1 Å². The highest BCUT2D eigenvalue weighted by Gasteiger charge is 2.14. The third-order valence-corrected chi connectivity index (χ3v) is 4.98. The van der Waals surface area contributed by atoms with E-state index in [0.717, 1.165) is 16.3 Å². The van der Waals surface area contributed by atoms with Gasteiger partial charge in [0.2, 0.25) is 0 Å². The average Bonchev–Trinajstić information content (AvgIpc) is 3.26. The Labute approximate surface area is 183 Å². The SMILES string of the molecule is COc1cc2ccccc2cc1C(=O)N/N=C/c1ccc(-c2ccc([N+](=O)[O-])cc2C)o1. The summed E-state index contributed by atoms with van der Waals surface area (Å²) in [6, 6.07) is 19.2. The van der Waals surface area contributed by atoms with E-state index in [2.05, 4.69) is 10.5 Å². The first-order chi connectivity index (χ1) is 15.5. The number of aryl methyl sites for hydroxylation is 1. The van der Waals surface area contributed by atoms with E-state index in [0.29, 0.717) is 28.4 Å². The Morgan fingerprint density at radius 1 is 1.09 bits per heavy atom. The van der Waals surface area contributed by atoms with Gasteiger partial charge in [0.25, 0.3) is 11.6 Å². The van der Waals surface area contributed by atoms with E-state index >= 15 is 0 Å². The molecule has 0 radical (unpaired) electrons. The number of hydrogen-bond donors (Lipinski definition) is 1. The number of amides is 1. The van der Waals surface area contributed by atoms with E-state index in [9.17, 15) is 14.9 Å². The summed E-state index contributed by atoms with van der Waals surface area (Å²) in [5.41, 5.74) is 4.32. The number of carbonyl (C=O) groups is 1. The second-order valence-electron chi connectivity index (χ2n) is 7.06. The van der Waals surface area contributed by atoms with Crippen molar-refractivity contribution in [2.24, 2.45) is 5.10 Å². The van der Waals surface area contributed by atoms with Gasteiger partial charge in [0.15, 0.2) is 0 Å². The number of hydrazone groups is 1. The highest BCUT2D eigenvalue weighted by atomic mass is 16.6. The van der Waals surface area contributed by atoms with Crippen LogP contribution in [0.4, 0.5) is 5.69 Å². The molecule has 0 aliphatic rings. The molecule has 0 saturated carbocycles. The molecule has 0 saturated heterocycles. The summed E-state index contributed by atoms with van der Waals surface area (Å²) in [5, 5.41) is 16.8. The van der Waals surface area contributed by atoms with Crippen LogP contribution in [0.3, 0.4) is 0 Å². The quantitative estimate of drug-likeness (QED) is 0.261. The van der Waals surface area contributed by atoms with Gasteiger partial charge < -0.3 is 9.15 Å². The Bertz CT molecular complexity index is 1360. The first kappa shape index (κ1) is 20.8. The molecule has 4 aromatic rings. The number of rotatable bonds is 6. The number of methoxy groups -OCH3 is 1. The number of ether oxygens (including phenoxy) is 1. The third kappa shape index (κ3) is 4.20. The molecule has 0 atom stereocenters. The van der Waals surface area contributed by atoms with Gasteiger partial charge in [0.1, 0.15) is 17.3 Å². The van der Waals surface area contributed by atoms with E-state index in [1.165, 1.54) is 25.5 Å². The molecule has 1 aromatic heterocycles. The summed E-state index contributed by atoms with van der Waals surface area (Å²) >= 11 is 0. The second kappa shape index (κ2) is 8.73. The van der Waals surface area contributed by atoms with Gasteiger partial charge in [-0.25, -0.2) is 5.43 Å². The van der Waals surface area contributed by atoms with Gasteiger partial charge in [-0.05, 0) is 53.6 Å². The summed E-state index contributed by atoms with van der Waals surface area (Å²) in [7, 11) is 1.51. The molecule has 0 fully saturated rings. The van der Waals surface area contributed by atoms with Crippen molar-refractivity contribution in [3.63, 3.8) is 0 Å². The normalized spacial score (nSPS) is 11.1. The van der Waals surface area contributed by atoms with Gasteiger partial charge in [-0.15, -0.1) is 0 Å². The second-order valence-corrected chi connectivity index (χ2v) is 7.06. The lowest BCUT2D eigenvalue weighted by atomic mass is 10.1. The Balaban J connectivity index is 1.50. The van der Waals surface area contributed by atoms with E-state index in [1.54, 1.807) is 37.3 Å². The van der Waals surface area contributed by atoms with Gasteiger partial charge in [0, 0.05) is 17.7 Å². The molecule has 0 aliphatic heterocycles. The van der Waals surface area contributed by atoms with Crippen LogP contribution in [-0.2, 0) is 0 Å². The average molecular weight is 429 g/mol. The summed E-state index contributed by atoms with van der Waals surface area (Å²) in [4.78, 5) is 23.1. The monoisotopic (exact) mass is 429 g/mol. The van der Waals surface area contributed by atoms with E-state index in [-0.39, 0.29) is 5.69 Å². The molecule has 1 N–H and O–H groups in total. The smallest absolute Gasteiger partial charge is 0.275 e. The molecule has 0 unspecified atom stereocenters. The lowest BCUT2D eigenvalue weighted by Crippen LogP contribution is -2.18. The van der Waals surface area contributed by atoms with Crippen molar-refractivity contribution in [2.45, 2.75) is 6.92 Å². The zero-order valence-corrected chi connectivity index (χ0v) is 17.4. The third-order valence-electron chi connectivity index (χ3n) is 4.98. The maximum atomic E-state index is 12.6. The van der Waals surface area contributed by atoms with Crippen LogP contribution in [0.2, 0.25) is 0 Å². The number of nitro benzene ring substituents is 1. The number of non-ortho nitro benzene ring substituents is 1. The summed E-state index contributed by atoms with van der Waals surface area (Å²) in [6.07, 6.45) is 1.38. The lowest BCUT2D eigenvalue weighted by Gasteiger charge is -2.09. The van der Waals surface area contributed by atoms with Crippen molar-refractivity contribution in [2.75, 3.05) is 7.11 Å². The fraction of sp³-hybridized carbons (Fsp3) is 0.0833. The number of nitrogens with one attached hydrogen (secondary N) is 1. The summed E-state index contributed by atoms with van der Waals surface area (Å²) < 4.78 is 11.1. The molecule has 32 heavy (non-hydrogen) atoms.